The number of alkyl halides is 1. The molecule has 0 aromatic carbocycles. The highest BCUT2D eigenvalue weighted by Gasteiger charge is 2.34. The molecular weight excluding hydrogens is 294 g/mol. The Balaban J connectivity index is 1.88. The van der Waals surface area contributed by atoms with E-state index in [2.05, 4.69) is 21.0 Å². The van der Waals surface area contributed by atoms with Crippen molar-refractivity contribution in [2.75, 3.05) is 5.33 Å². The van der Waals surface area contributed by atoms with Gasteiger partial charge in [0.15, 0.2) is 0 Å². The van der Waals surface area contributed by atoms with Gasteiger partial charge >= 0.3 is 5.69 Å². The summed E-state index contributed by atoms with van der Waals surface area (Å²) in [5.74, 6) is 0.994. The van der Waals surface area contributed by atoms with Gasteiger partial charge in [-0.2, -0.15) is 5.10 Å². The second kappa shape index (κ2) is 4.83. The lowest BCUT2D eigenvalue weighted by Crippen LogP contribution is -2.33. The number of rotatable bonds is 3. The van der Waals surface area contributed by atoms with Crippen LogP contribution >= 0.6 is 15.9 Å². The Bertz CT molecular complexity index is 485. The van der Waals surface area contributed by atoms with E-state index in [0.717, 1.165) is 37.1 Å². The van der Waals surface area contributed by atoms with E-state index in [-0.39, 0.29) is 11.1 Å². The number of aryl methyl sites for hydroxylation is 1. The van der Waals surface area contributed by atoms with Crippen molar-refractivity contribution in [3.8, 4) is 0 Å². The van der Waals surface area contributed by atoms with Crippen molar-refractivity contribution in [1.82, 2.24) is 14.3 Å². The van der Waals surface area contributed by atoms with Crippen molar-refractivity contribution in [2.45, 2.75) is 58.0 Å². The molecule has 2 aliphatic rings. The Kier molecular flexibility index (Phi) is 3.34. The Labute approximate surface area is 116 Å². The highest BCUT2D eigenvalue weighted by atomic mass is 79.9. The van der Waals surface area contributed by atoms with Gasteiger partial charge in [0.05, 0.1) is 6.54 Å². The molecule has 0 unspecified atom stereocenters. The van der Waals surface area contributed by atoms with E-state index in [1.807, 2.05) is 4.57 Å². The third-order valence-electron chi connectivity index (χ3n) is 4.46. The van der Waals surface area contributed by atoms with Crippen molar-refractivity contribution in [2.24, 2.45) is 5.41 Å². The zero-order valence-corrected chi connectivity index (χ0v) is 12.3. The SMILES string of the molecule is O=c1n(CC2(CBr)CCCC2)nc2n1CCCC2. The molecule has 18 heavy (non-hydrogen) atoms. The number of hydrogen-bond acceptors (Lipinski definition) is 2. The van der Waals surface area contributed by atoms with Gasteiger partial charge in [0.2, 0.25) is 0 Å². The number of nitrogens with zero attached hydrogens (tertiary/aromatic N) is 3. The minimum absolute atomic E-state index is 0.108. The first-order valence-electron chi connectivity index (χ1n) is 6.97. The van der Waals surface area contributed by atoms with Crippen molar-refractivity contribution in [3.63, 3.8) is 0 Å². The van der Waals surface area contributed by atoms with Gasteiger partial charge in [-0.25, -0.2) is 9.48 Å². The summed E-state index contributed by atoms with van der Waals surface area (Å²) in [6.07, 6.45) is 8.24. The van der Waals surface area contributed by atoms with Crippen LogP contribution in [0.5, 0.6) is 0 Å². The smallest absolute Gasteiger partial charge is 0.279 e. The molecule has 3 rings (SSSR count). The van der Waals surface area contributed by atoms with Crippen LogP contribution in [0.2, 0.25) is 0 Å². The third-order valence-corrected chi connectivity index (χ3v) is 5.65. The topological polar surface area (TPSA) is 39.8 Å². The summed E-state index contributed by atoms with van der Waals surface area (Å²) in [4.78, 5) is 12.3. The quantitative estimate of drug-likeness (QED) is 0.804. The predicted molar refractivity (Wildman–Crippen MR) is 74.1 cm³/mol. The number of fused-ring (bicyclic) bond motifs is 1. The van der Waals surface area contributed by atoms with Crippen LogP contribution in [0.3, 0.4) is 0 Å². The van der Waals surface area contributed by atoms with Crippen LogP contribution in [0.1, 0.15) is 44.3 Å². The molecule has 1 saturated carbocycles. The molecule has 2 heterocycles. The average molecular weight is 314 g/mol. The second-order valence-corrected chi connectivity index (χ2v) is 6.37. The van der Waals surface area contributed by atoms with E-state index in [1.54, 1.807) is 4.68 Å². The first-order chi connectivity index (χ1) is 8.74. The monoisotopic (exact) mass is 313 g/mol. The molecule has 100 valence electrons. The van der Waals surface area contributed by atoms with Gasteiger partial charge in [0.1, 0.15) is 5.82 Å². The molecule has 0 N–H and O–H groups in total. The summed E-state index contributed by atoms with van der Waals surface area (Å²) < 4.78 is 3.60. The highest BCUT2D eigenvalue weighted by molar-refractivity contribution is 9.09. The van der Waals surface area contributed by atoms with Crippen LogP contribution in [0.4, 0.5) is 0 Å². The van der Waals surface area contributed by atoms with Gasteiger partial charge in [-0.3, -0.25) is 4.57 Å². The van der Waals surface area contributed by atoms with Gasteiger partial charge in [-0.15, -0.1) is 0 Å². The number of aromatic nitrogens is 3. The van der Waals surface area contributed by atoms with E-state index in [9.17, 15) is 4.79 Å². The van der Waals surface area contributed by atoms with Crippen molar-refractivity contribution in [1.29, 1.82) is 0 Å². The first-order valence-corrected chi connectivity index (χ1v) is 8.09. The number of hydrogen-bond donors (Lipinski definition) is 0. The molecule has 5 heteroatoms. The third kappa shape index (κ3) is 2.06. The molecule has 4 nitrogen and oxygen atoms in total. The molecule has 0 spiro atoms. The van der Waals surface area contributed by atoms with Crippen molar-refractivity contribution < 1.29 is 0 Å². The molecular formula is C13H20BrN3O. The van der Waals surface area contributed by atoms with Crippen LogP contribution in [-0.4, -0.2) is 19.7 Å². The molecule has 1 aromatic heterocycles. The minimum Gasteiger partial charge on any atom is -0.279 e. The summed E-state index contributed by atoms with van der Waals surface area (Å²) in [5, 5.41) is 5.53. The molecule has 0 radical (unpaired) electrons. The van der Waals surface area contributed by atoms with E-state index < -0.39 is 0 Å². The average Bonchev–Trinajstić information content (AvgIpc) is 2.98. The Morgan fingerprint density at radius 3 is 2.67 bits per heavy atom. The lowest BCUT2D eigenvalue weighted by Gasteiger charge is -2.25. The van der Waals surface area contributed by atoms with E-state index in [0.29, 0.717) is 0 Å². The van der Waals surface area contributed by atoms with Gasteiger partial charge in [0, 0.05) is 18.3 Å². The molecule has 1 fully saturated rings. The standard InChI is InChI=1S/C13H20BrN3O/c14-9-13(6-2-3-7-13)10-17-12(18)16-8-4-1-5-11(16)15-17/h1-10H2. The second-order valence-electron chi connectivity index (χ2n) is 5.81. The summed E-state index contributed by atoms with van der Waals surface area (Å²) in [6, 6.07) is 0. The minimum atomic E-state index is 0.108. The zero-order valence-electron chi connectivity index (χ0n) is 10.7. The van der Waals surface area contributed by atoms with Gasteiger partial charge in [-0.1, -0.05) is 28.8 Å². The summed E-state index contributed by atoms with van der Waals surface area (Å²) in [7, 11) is 0. The molecule has 1 aliphatic heterocycles. The maximum absolute atomic E-state index is 12.3. The summed E-state index contributed by atoms with van der Waals surface area (Å²) in [6.45, 7) is 1.65. The molecule has 1 aromatic rings. The predicted octanol–water partition coefficient (Wildman–Crippen LogP) is 2.34. The highest BCUT2D eigenvalue weighted by Crippen LogP contribution is 2.40. The first kappa shape index (κ1) is 12.5. The molecule has 1 aliphatic carbocycles. The maximum atomic E-state index is 12.3. The Morgan fingerprint density at radius 2 is 2.00 bits per heavy atom. The van der Waals surface area contributed by atoms with E-state index in [4.69, 9.17) is 0 Å². The molecule has 0 bridgehead atoms. The van der Waals surface area contributed by atoms with E-state index in [1.165, 1.54) is 32.1 Å². The van der Waals surface area contributed by atoms with Gasteiger partial charge < -0.3 is 0 Å². The van der Waals surface area contributed by atoms with Gasteiger partial charge in [-0.05, 0) is 31.1 Å². The Morgan fingerprint density at radius 1 is 1.22 bits per heavy atom. The lowest BCUT2D eigenvalue weighted by molar-refractivity contribution is 0.272. The maximum Gasteiger partial charge on any atom is 0.345 e. The van der Waals surface area contributed by atoms with E-state index >= 15 is 0 Å². The zero-order chi connectivity index (χ0) is 12.6. The molecule has 0 atom stereocenters. The fourth-order valence-corrected chi connectivity index (χ4v) is 4.07. The van der Waals surface area contributed by atoms with Crippen LogP contribution in [0.25, 0.3) is 0 Å². The summed E-state index contributed by atoms with van der Waals surface area (Å²) >= 11 is 3.64. The van der Waals surface area contributed by atoms with Crippen LogP contribution in [0.15, 0.2) is 4.79 Å². The normalized spacial score (nSPS) is 22.1. The van der Waals surface area contributed by atoms with Crippen LogP contribution in [-0.2, 0) is 19.5 Å². The van der Waals surface area contributed by atoms with Gasteiger partial charge in [0.25, 0.3) is 0 Å². The van der Waals surface area contributed by atoms with Crippen LogP contribution in [0, 0.1) is 5.41 Å². The number of halogens is 1. The fraction of sp³-hybridized carbons (Fsp3) is 0.846. The van der Waals surface area contributed by atoms with Crippen LogP contribution < -0.4 is 5.69 Å². The summed E-state index contributed by atoms with van der Waals surface area (Å²) in [5.41, 5.74) is 0.367. The molecule has 0 amide bonds. The van der Waals surface area contributed by atoms with Crippen molar-refractivity contribution in [3.05, 3.63) is 16.3 Å². The molecule has 0 saturated heterocycles. The van der Waals surface area contributed by atoms with Crippen molar-refractivity contribution >= 4 is 15.9 Å². The largest absolute Gasteiger partial charge is 0.345 e. The Hall–Kier alpha value is -0.580. The fourth-order valence-electron chi connectivity index (χ4n) is 3.33. The lowest BCUT2D eigenvalue weighted by atomic mass is 9.89.